The molecule has 1 aromatic heterocycles. The number of rotatable bonds is 4. The van der Waals surface area contributed by atoms with Crippen LogP contribution in [-0.2, 0) is 16.0 Å². The van der Waals surface area contributed by atoms with Crippen molar-refractivity contribution < 1.29 is 30.4 Å². The summed E-state index contributed by atoms with van der Waals surface area (Å²) in [6.45, 7) is 0.517. The minimum absolute atomic E-state index is 0.0449. The third-order valence-electron chi connectivity index (χ3n) is 4.77. The molecule has 2 aromatic rings. The van der Waals surface area contributed by atoms with Crippen LogP contribution >= 0.6 is 0 Å². The molecule has 1 aliphatic rings. The molecular weight excluding hydrogens is 431 g/mol. The number of hydrogen-bond donors (Lipinski definition) is 0. The van der Waals surface area contributed by atoms with E-state index in [0.717, 1.165) is 17.4 Å². The van der Waals surface area contributed by atoms with Crippen LogP contribution in [-0.4, -0.2) is 56.2 Å². The minimum Gasteiger partial charge on any atom is -0.367 e. The molecule has 1 fully saturated rings. The van der Waals surface area contributed by atoms with Crippen molar-refractivity contribution in [2.75, 3.05) is 35.7 Å². The second-order valence-corrected chi connectivity index (χ2v) is 9.14. The van der Waals surface area contributed by atoms with Crippen molar-refractivity contribution in [2.24, 2.45) is 0 Å². The van der Waals surface area contributed by atoms with E-state index in [2.05, 4.69) is 9.97 Å². The van der Waals surface area contributed by atoms with Crippen molar-refractivity contribution >= 4 is 21.5 Å². The molecule has 0 saturated carbocycles. The van der Waals surface area contributed by atoms with Crippen molar-refractivity contribution in [3.05, 3.63) is 42.2 Å². The molecule has 12 heteroatoms. The maximum absolute atomic E-state index is 14.4. The maximum Gasteiger partial charge on any atom is 0.433 e. The Labute approximate surface area is 170 Å². The predicted molar refractivity (Wildman–Crippen MR) is 101 cm³/mol. The summed E-state index contributed by atoms with van der Waals surface area (Å²) in [4.78, 5) is 9.88. The second kappa shape index (κ2) is 7.64. The number of halogens is 5. The molecule has 0 bridgehead atoms. The summed E-state index contributed by atoms with van der Waals surface area (Å²) in [5.41, 5.74) is -0.786. The smallest absolute Gasteiger partial charge is 0.367 e. The summed E-state index contributed by atoms with van der Waals surface area (Å²) in [5.74, 6) is -3.72. The summed E-state index contributed by atoms with van der Waals surface area (Å²) < 4.78 is 91.3. The van der Waals surface area contributed by atoms with E-state index in [4.69, 9.17) is 0 Å². The highest BCUT2D eigenvalue weighted by molar-refractivity contribution is 7.90. The van der Waals surface area contributed by atoms with Crippen molar-refractivity contribution in [3.8, 4) is 0 Å². The number of benzene rings is 1. The Kier molecular flexibility index (Phi) is 5.65. The fourth-order valence-corrected chi connectivity index (χ4v) is 3.91. The molecule has 1 aromatic carbocycles. The summed E-state index contributed by atoms with van der Waals surface area (Å²) >= 11 is 0. The first kappa shape index (κ1) is 22.2. The lowest BCUT2D eigenvalue weighted by Gasteiger charge is -2.44. The predicted octanol–water partition coefficient (Wildman–Crippen LogP) is 3.25. The van der Waals surface area contributed by atoms with Crippen LogP contribution in [0.2, 0.25) is 0 Å². The third kappa shape index (κ3) is 4.79. The number of sulfone groups is 1. The number of nitrogens with zero attached hydrogens (tertiary/aromatic N) is 4. The van der Waals surface area contributed by atoms with Gasteiger partial charge >= 0.3 is 6.18 Å². The van der Waals surface area contributed by atoms with Crippen molar-refractivity contribution in [3.63, 3.8) is 0 Å². The van der Waals surface area contributed by atoms with Crippen LogP contribution in [0, 0.1) is 0 Å². The number of hydrogen-bond acceptors (Lipinski definition) is 6. The Morgan fingerprint density at radius 3 is 2.40 bits per heavy atom. The average Bonchev–Trinajstić information content (AvgIpc) is 2.66. The number of piperazine rings is 1. The van der Waals surface area contributed by atoms with E-state index < -0.39 is 39.6 Å². The number of alkyl halides is 5. The van der Waals surface area contributed by atoms with Gasteiger partial charge in [-0.15, -0.1) is 0 Å². The van der Waals surface area contributed by atoms with E-state index >= 15 is 0 Å². The molecule has 6 nitrogen and oxygen atoms in total. The van der Waals surface area contributed by atoms with Crippen LogP contribution in [0.15, 0.2) is 41.4 Å². The maximum atomic E-state index is 14.4. The summed E-state index contributed by atoms with van der Waals surface area (Å²) in [6.07, 6.45) is -2.80. The van der Waals surface area contributed by atoms with Crippen LogP contribution in [0.3, 0.4) is 0 Å². The summed E-state index contributed by atoms with van der Waals surface area (Å²) in [6, 6.07) is 5.05. The Morgan fingerprint density at radius 2 is 1.80 bits per heavy atom. The van der Waals surface area contributed by atoms with E-state index in [-0.39, 0.29) is 24.5 Å². The van der Waals surface area contributed by atoms with Gasteiger partial charge in [-0.05, 0) is 24.3 Å². The topological polar surface area (TPSA) is 66.4 Å². The monoisotopic (exact) mass is 450 g/mol. The molecule has 0 amide bonds. The highest BCUT2D eigenvalue weighted by Gasteiger charge is 2.44. The van der Waals surface area contributed by atoms with Crippen LogP contribution < -0.4 is 9.80 Å². The normalized spacial score (nSPS) is 18.6. The molecule has 3 rings (SSSR count). The molecule has 1 saturated heterocycles. The van der Waals surface area contributed by atoms with Gasteiger partial charge in [0, 0.05) is 44.7 Å². The minimum atomic E-state index is -4.73. The molecule has 0 spiro atoms. The fraction of sp³-hybridized carbons (Fsp3) is 0.444. The van der Waals surface area contributed by atoms with E-state index in [1.807, 2.05) is 0 Å². The number of aromatic nitrogens is 2. The zero-order valence-electron chi connectivity index (χ0n) is 16.1. The van der Waals surface area contributed by atoms with E-state index in [1.54, 1.807) is 11.0 Å². The molecule has 0 aliphatic carbocycles. The Morgan fingerprint density at radius 1 is 1.10 bits per heavy atom. The van der Waals surface area contributed by atoms with Gasteiger partial charge in [0.25, 0.3) is 5.92 Å². The van der Waals surface area contributed by atoms with E-state index in [0.29, 0.717) is 18.7 Å². The molecule has 164 valence electrons. The third-order valence-corrected chi connectivity index (χ3v) is 5.88. The van der Waals surface area contributed by atoms with Gasteiger partial charge in [0.15, 0.2) is 9.84 Å². The van der Waals surface area contributed by atoms with Gasteiger partial charge in [-0.1, -0.05) is 6.07 Å². The van der Waals surface area contributed by atoms with Crippen LogP contribution in [0.4, 0.5) is 33.6 Å². The zero-order valence-corrected chi connectivity index (χ0v) is 16.9. The second-order valence-electron chi connectivity index (χ2n) is 7.12. The standard InChI is InChI=1S/C18H19F5N4O2S/c1-17(19,20)15-11-26(12-4-3-5-13(10-12)30(2,28)29)8-9-27(15)16-24-7-6-14(25-16)18(21,22)23/h3-7,10,15H,8-9,11H2,1-2H3. The van der Waals surface area contributed by atoms with Gasteiger partial charge in [-0.3, -0.25) is 0 Å². The molecule has 1 atom stereocenters. The van der Waals surface area contributed by atoms with Crippen LogP contribution in [0.1, 0.15) is 12.6 Å². The van der Waals surface area contributed by atoms with Crippen LogP contribution in [0.5, 0.6) is 0 Å². The molecule has 2 heterocycles. The van der Waals surface area contributed by atoms with Gasteiger partial charge in [0.1, 0.15) is 11.7 Å². The first-order chi connectivity index (χ1) is 13.8. The largest absolute Gasteiger partial charge is 0.433 e. The quantitative estimate of drug-likeness (QED) is 0.667. The first-order valence-electron chi connectivity index (χ1n) is 8.86. The highest BCUT2D eigenvalue weighted by atomic mass is 32.2. The lowest BCUT2D eigenvalue weighted by Crippen LogP contribution is -2.60. The molecule has 0 radical (unpaired) electrons. The SMILES string of the molecule is CC(F)(F)C1CN(c2cccc(S(C)(=O)=O)c2)CCN1c1nccc(C(F)(F)F)n1. The van der Waals surface area contributed by atoms with Crippen molar-refractivity contribution in [2.45, 2.75) is 30.0 Å². The lowest BCUT2D eigenvalue weighted by molar-refractivity contribution is -0.141. The Hall–Kier alpha value is -2.50. The summed E-state index contributed by atoms with van der Waals surface area (Å²) in [7, 11) is -3.49. The molecule has 0 N–H and O–H groups in total. The molecule has 1 unspecified atom stereocenters. The molecule has 30 heavy (non-hydrogen) atoms. The van der Waals surface area contributed by atoms with Gasteiger partial charge in [-0.25, -0.2) is 27.2 Å². The van der Waals surface area contributed by atoms with Gasteiger partial charge < -0.3 is 9.80 Å². The van der Waals surface area contributed by atoms with E-state index in [9.17, 15) is 30.4 Å². The van der Waals surface area contributed by atoms with Gasteiger partial charge in [0.2, 0.25) is 5.95 Å². The highest BCUT2D eigenvalue weighted by Crippen LogP contribution is 2.33. The molecular formula is C18H19F5N4O2S. The van der Waals surface area contributed by atoms with Gasteiger partial charge in [-0.2, -0.15) is 13.2 Å². The average molecular weight is 450 g/mol. The number of anilines is 2. The molecule has 1 aliphatic heterocycles. The van der Waals surface area contributed by atoms with Crippen molar-refractivity contribution in [1.82, 2.24) is 9.97 Å². The first-order valence-corrected chi connectivity index (χ1v) is 10.8. The Balaban J connectivity index is 1.93. The lowest BCUT2D eigenvalue weighted by atomic mass is 10.1. The van der Waals surface area contributed by atoms with Crippen molar-refractivity contribution in [1.29, 1.82) is 0 Å². The zero-order chi connectivity index (χ0) is 22.3. The van der Waals surface area contributed by atoms with E-state index in [1.165, 1.54) is 18.2 Å². The van der Waals surface area contributed by atoms with Gasteiger partial charge in [0.05, 0.1) is 4.90 Å². The summed E-state index contributed by atoms with van der Waals surface area (Å²) in [5, 5.41) is 0. The Bertz CT molecular complexity index is 1020. The fourth-order valence-electron chi connectivity index (χ4n) is 3.25. The van der Waals surface area contributed by atoms with Crippen LogP contribution in [0.25, 0.3) is 0 Å².